The van der Waals surface area contributed by atoms with Crippen LogP contribution < -0.4 is 10.6 Å². The fourth-order valence-corrected chi connectivity index (χ4v) is 5.05. The van der Waals surface area contributed by atoms with Crippen LogP contribution in [0, 0.1) is 11.3 Å². The van der Waals surface area contributed by atoms with E-state index in [0.29, 0.717) is 18.4 Å². The number of ether oxygens (including phenoxy) is 1. The lowest BCUT2D eigenvalue weighted by Crippen LogP contribution is -2.69. The molecule has 33 heavy (non-hydrogen) atoms. The first kappa shape index (κ1) is 24.6. The van der Waals surface area contributed by atoms with Gasteiger partial charge in [0.15, 0.2) is 0 Å². The Morgan fingerprint density at radius 2 is 1.79 bits per heavy atom. The summed E-state index contributed by atoms with van der Waals surface area (Å²) in [4.78, 5) is 26.3. The van der Waals surface area contributed by atoms with Gasteiger partial charge in [-0.15, -0.1) is 11.3 Å². The van der Waals surface area contributed by atoms with E-state index < -0.39 is 23.7 Å². The molecule has 1 heterocycles. The molecular formula is C23H24F3N3O3S. The highest BCUT2D eigenvalue weighted by Crippen LogP contribution is 2.41. The van der Waals surface area contributed by atoms with Crippen LogP contribution in [0.25, 0.3) is 0 Å². The molecule has 1 amide bonds. The zero-order valence-corrected chi connectivity index (χ0v) is 18.9. The lowest BCUT2D eigenvalue weighted by molar-refractivity contribution is -0.204. The molecule has 1 unspecified atom stereocenters. The van der Waals surface area contributed by atoms with Crippen molar-refractivity contribution >= 4 is 28.2 Å². The van der Waals surface area contributed by atoms with E-state index in [1.165, 1.54) is 31.2 Å². The topological polar surface area (TPSA) is 91.2 Å². The van der Waals surface area contributed by atoms with Gasteiger partial charge in [-0.3, -0.25) is 4.79 Å². The second-order valence-corrected chi connectivity index (χ2v) is 8.75. The summed E-state index contributed by atoms with van der Waals surface area (Å²) in [5.74, 6) is -2.81. The van der Waals surface area contributed by atoms with Crippen LogP contribution in [0.3, 0.4) is 0 Å². The number of hydrogen-bond donors (Lipinski definition) is 2. The number of alkyl halides is 3. The van der Waals surface area contributed by atoms with Crippen LogP contribution in [-0.2, 0) is 22.4 Å². The first-order valence-electron chi connectivity index (χ1n) is 10.7. The largest absolute Gasteiger partial charge is 0.463 e. The highest BCUT2D eigenvalue weighted by molar-refractivity contribution is 7.16. The summed E-state index contributed by atoms with van der Waals surface area (Å²) in [5.41, 5.74) is -2.85. The predicted molar refractivity (Wildman–Crippen MR) is 118 cm³/mol. The minimum atomic E-state index is -5.27. The molecule has 0 saturated carbocycles. The number of hydrogen-bond acceptors (Lipinski definition) is 6. The van der Waals surface area contributed by atoms with E-state index in [0.717, 1.165) is 41.9 Å². The number of nitrogens with zero attached hydrogens (tertiary/aromatic N) is 1. The van der Waals surface area contributed by atoms with Gasteiger partial charge in [0, 0.05) is 10.4 Å². The van der Waals surface area contributed by atoms with E-state index >= 15 is 0 Å². The van der Waals surface area contributed by atoms with Gasteiger partial charge in [-0.25, -0.2) is 4.79 Å². The molecule has 0 aliphatic heterocycles. The molecule has 176 valence electrons. The van der Waals surface area contributed by atoms with E-state index in [1.54, 1.807) is 6.07 Å². The van der Waals surface area contributed by atoms with Crippen LogP contribution in [0.2, 0.25) is 0 Å². The molecule has 0 saturated heterocycles. The Labute approximate surface area is 193 Å². The zero-order valence-electron chi connectivity index (χ0n) is 18.1. The number of fused-ring (bicyclic) bond motifs is 1. The highest BCUT2D eigenvalue weighted by Gasteiger charge is 2.64. The molecule has 3 rings (SSSR count). The molecule has 1 aromatic carbocycles. The number of amides is 1. The van der Waals surface area contributed by atoms with E-state index in [4.69, 9.17) is 4.74 Å². The first-order valence-corrected chi connectivity index (χ1v) is 11.5. The minimum Gasteiger partial charge on any atom is -0.463 e. The van der Waals surface area contributed by atoms with Gasteiger partial charge < -0.3 is 15.4 Å². The van der Waals surface area contributed by atoms with Crippen LogP contribution in [-0.4, -0.2) is 30.3 Å². The summed E-state index contributed by atoms with van der Waals surface area (Å²) in [6.07, 6.45) is -0.378. The van der Waals surface area contributed by atoms with E-state index in [1.807, 2.05) is 11.4 Å². The Morgan fingerprint density at radius 3 is 2.39 bits per heavy atom. The molecule has 2 aromatic rings. The van der Waals surface area contributed by atoms with Crippen molar-refractivity contribution < 1.29 is 27.5 Å². The molecule has 1 aliphatic rings. The SMILES string of the molecule is CCOC(=O)C(NC(=O)c1ccccc1)(Nc1sc2c(c1C#N)CCCCCC2)C(F)(F)F. The average Bonchev–Trinajstić information content (AvgIpc) is 3.08. The number of carbonyl (C=O) groups excluding carboxylic acids is 2. The van der Waals surface area contributed by atoms with E-state index in [2.05, 4.69) is 5.32 Å². The lowest BCUT2D eigenvalue weighted by Gasteiger charge is -2.35. The maximum absolute atomic E-state index is 14.5. The monoisotopic (exact) mass is 479 g/mol. The number of benzene rings is 1. The molecule has 6 nitrogen and oxygen atoms in total. The summed E-state index contributed by atoms with van der Waals surface area (Å²) in [7, 11) is 0. The second kappa shape index (κ2) is 10.3. The summed E-state index contributed by atoms with van der Waals surface area (Å²) in [6, 6.07) is 9.26. The van der Waals surface area contributed by atoms with Crippen LogP contribution in [0.4, 0.5) is 18.2 Å². The normalized spacial score (nSPS) is 15.7. The van der Waals surface area contributed by atoms with Crippen molar-refractivity contribution in [3.63, 3.8) is 0 Å². The molecule has 0 fully saturated rings. The van der Waals surface area contributed by atoms with Gasteiger partial charge in [0.25, 0.3) is 5.91 Å². The maximum Gasteiger partial charge on any atom is 0.441 e. The molecule has 10 heteroatoms. The number of rotatable bonds is 6. The third kappa shape index (κ3) is 5.14. The van der Waals surface area contributed by atoms with Crippen molar-refractivity contribution in [3.05, 3.63) is 51.9 Å². The van der Waals surface area contributed by atoms with Gasteiger partial charge >= 0.3 is 17.8 Å². The fourth-order valence-electron chi connectivity index (χ4n) is 3.76. The number of carbonyl (C=O) groups is 2. The molecule has 0 bridgehead atoms. The van der Waals surface area contributed by atoms with Gasteiger partial charge in [-0.1, -0.05) is 31.0 Å². The Balaban J connectivity index is 2.10. The van der Waals surface area contributed by atoms with E-state index in [9.17, 15) is 28.0 Å². The van der Waals surface area contributed by atoms with Crippen molar-refractivity contribution in [2.75, 3.05) is 11.9 Å². The quantitative estimate of drug-likeness (QED) is 0.452. The van der Waals surface area contributed by atoms with Gasteiger partial charge in [0.1, 0.15) is 11.1 Å². The number of thiophene rings is 1. The zero-order chi connectivity index (χ0) is 24.1. The van der Waals surface area contributed by atoms with Crippen LogP contribution >= 0.6 is 11.3 Å². The minimum absolute atomic E-state index is 0.0591. The second-order valence-electron chi connectivity index (χ2n) is 7.65. The average molecular weight is 480 g/mol. The molecular weight excluding hydrogens is 455 g/mol. The van der Waals surface area contributed by atoms with Crippen molar-refractivity contribution in [3.8, 4) is 6.07 Å². The summed E-state index contributed by atoms with van der Waals surface area (Å²) in [5, 5.41) is 13.7. The summed E-state index contributed by atoms with van der Waals surface area (Å²) in [6.45, 7) is 1.04. The number of esters is 1. The smallest absolute Gasteiger partial charge is 0.441 e. The molecule has 1 aliphatic carbocycles. The van der Waals surface area contributed by atoms with Crippen LogP contribution in [0.5, 0.6) is 0 Å². The Morgan fingerprint density at radius 1 is 1.12 bits per heavy atom. The van der Waals surface area contributed by atoms with Crippen molar-refractivity contribution in [2.45, 2.75) is 57.3 Å². The van der Waals surface area contributed by atoms with Gasteiger partial charge in [0.05, 0.1) is 12.2 Å². The molecule has 0 spiro atoms. The molecule has 1 atom stereocenters. The lowest BCUT2D eigenvalue weighted by atomic mass is 9.97. The number of halogens is 3. The van der Waals surface area contributed by atoms with Crippen LogP contribution in [0.1, 0.15) is 59.0 Å². The number of nitriles is 1. The standard InChI is InChI=1S/C23H24F3N3O3S/c1-2-32-21(31)22(23(24,25)26,28-19(30)15-10-6-5-7-11-15)29-20-17(14-27)16-12-8-3-4-9-13-18(16)33-20/h5-7,10-11,29H,2-4,8-9,12-13H2,1H3,(H,28,30). The molecule has 0 radical (unpaired) electrons. The van der Waals surface area contributed by atoms with Gasteiger partial charge in [-0.2, -0.15) is 18.4 Å². The summed E-state index contributed by atoms with van der Waals surface area (Å²) >= 11 is 1.02. The number of anilines is 1. The Kier molecular flexibility index (Phi) is 7.64. The van der Waals surface area contributed by atoms with Crippen molar-refractivity contribution in [1.82, 2.24) is 5.32 Å². The van der Waals surface area contributed by atoms with E-state index in [-0.39, 0.29) is 22.7 Å². The van der Waals surface area contributed by atoms with Gasteiger partial charge in [0.2, 0.25) is 0 Å². The third-order valence-corrected chi connectivity index (χ3v) is 6.64. The van der Waals surface area contributed by atoms with Crippen molar-refractivity contribution in [1.29, 1.82) is 5.26 Å². The highest BCUT2D eigenvalue weighted by atomic mass is 32.1. The molecule has 1 aromatic heterocycles. The Bertz CT molecular complexity index is 1050. The Hall–Kier alpha value is -3.06. The fraction of sp³-hybridized carbons (Fsp3) is 0.435. The van der Waals surface area contributed by atoms with Crippen LogP contribution in [0.15, 0.2) is 30.3 Å². The van der Waals surface area contributed by atoms with Gasteiger partial charge in [-0.05, 0) is 50.3 Å². The third-order valence-electron chi connectivity index (χ3n) is 5.43. The summed E-state index contributed by atoms with van der Waals surface area (Å²) < 4.78 is 48.3. The number of aryl methyl sites for hydroxylation is 1. The maximum atomic E-state index is 14.5. The predicted octanol–water partition coefficient (Wildman–Crippen LogP) is 4.94. The first-order chi connectivity index (χ1) is 15.7. The van der Waals surface area contributed by atoms with Crippen molar-refractivity contribution in [2.24, 2.45) is 0 Å². The number of nitrogens with one attached hydrogen (secondary N) is 2. The molecule has 2 N–H and O–H groups in total.